The molecule has 3 aliphatic rings. The highest BCUT2D eigenvalue weighted by atomic mass is 32.2. The number of fused-ring (bicyclic) bond motifs is 1. The Bertz CT molecular complexity index is 1660. The molecule has 0 saturated carbocycles. The molecule has 250 valence electrons. The lowest BCUT2D eigenvalue weighted by Crippen LogP contribution is -2.69. The topological polar surface area (TPSA) is 207 Å². The predicted molar refractivity (Wildman–Crippen MR) is 155 cm³/mol. The molecule has 0 radical (unpaired) electrons. The SMILES string of the molecule is COc1cc(NC(=O)C[n+]2ccc(CN3CC/C(=C\C4=C(C(=O)[O-])N5C(=O)[C@@H](N)[C@H]5SC4)C3=O)cc2)ccc1O.O=C(O)C(F)(F)F. The van der Waals surface area contributed by atoms with E-state index in [0.29, 0.717) is 42.1 Å². The van der Waals surface area contributed by atoms with Gasteiger partial charge in [-0.05, 0) is 35.8 Å². The maximum atomic E-state index is 13.1. The van der Waals surface area contributed by atoms with Crippen molar-refractivity contribution in [2.45, 2.75) is 37.1 Å². The van der Waals surface area contributed by atoms with E-state index >= 15 is 0 Å². The Morgan fingerprint density at radius 1 is 1.21 bits per heavy atom. The summed E-state index contributed by atoms with van der Waals surface area (Å²) in [7, 11) is 1.42. The summed E-state index contributed by atoms with van der Waals surface area (Å²) >= 11 is 1.37. The predicted octanol–water partition coefficient (Wildman–Crippen LogP) is -0.135. The number of benzene rings is 1. The first-order valence-electron chi connectivity index (χ1n) is 13.7. The Hall–Kier alpha value is -5.10. The summed E-state index contributed by atoms with van der Waals surface area (Å²) < 4.78 is 38.5. The molecule has 5 rings (SSSR count). The lowest BCUT2D eigenvalue weighted by atomic mass is 10.0. The molecule has 2 fully saturated rings. The molecule has 0 bridgehead atoms. The van der Waals surface area contributed by atoms with Crippen LogP contribution in [0.5, 0.6) is 11.5 Å². The molecule has 18 heteroatoms. The van der Waals surface area contributed by atoms with Crippen LogP contribution in [0.15, 0.2) is 65.6 Å². The molecule has 2 atom stereocenters. The van der Waals surface area contributed by atoms with Gasteiger partial charge in [-0.15, -0.1) is 11.8 Å². The molecular formula is C29H28F3N5O9S. The van der Waals surface area contributed by atoms with E-state index < -0.39 is 35.4 Å². The number of aromatic nitrogens is 1. The minimum atomic E-state index is -5.08. The molecule has 14 nitrogen and oxygen atoms in total. The number of methoxy groups -OCH3 is 1. The minimum Gasteiger partial charge on any atom is -0.543 e. The van der Waals surface area contributed by atoms with Gasteiger partial charge < -0.3 is 40.8 Å². The molecule has 1 aromatic heterocycles. The van der Waals surface area contributed by atoms with Crippen LogP contribution in [0.2, 0.25) is 0 Å². The van der Waals surface area contributed by atoms with Crippen molar-refractivity contribution in [3.8, 4) is 11.5 Å². The molecule has 3 aliphatic heterocycles. The highest BCUT2D eigenvalue weighted by Crippen LogP contribution is 2.40. The number of nitrogens with two attached hydrogens (primary N) is 1. The summed E-state index contributed by atoms with van der Waals surface area (Å²) in [5.41, 5.74) is 7.76. The highest BCUT2D eigenvalue weighted by Gasteiger charge is 2.50. The van der Waals surface area contributed by atoms with Crippen molar-refractivity contribution in [3.63, 3.8) is 0 Å². The van der Waals surface area contributed by atoms with Crippen molar-refractivity contribution in [3.05, 3.63) is 71.2 Å². The number of nitrogens with one attached hydrogen (secondary N) is 1. The fourth-order valence-electron chi connectivity index (χ4n) is 4.84. The Kier molecular flexibility index (Phi) is 10.4. The third-order valence-electron chi connectivity index (χ3n) is 7.16. The number of likely N-dealkylation sites (tertiary alicyclic amines) is 1. The number of phenolic OH excluding ortho intramolecular Hbond substituents is 1. The minimum absolute atomic E-state index is 0.0246. The number of halogens is 3. The normalized spacial score (nSPS) is 19.9. The molecule has 0 spiro atoms. The number of amides is 3. The zero-order valence-electron chi connectivity index (χ0n) is 24.5. The summed E-state index contributed by atoms with van der Waals surface area (Å²) in [5.74, 6) is -4.62. The first-order chi connectivity index (χ1) is 22.1. The van der Waals surface area contributed by atoms with Crippen LogP contribution in [0.1, 0.15) is 12.0 Å². The lowest BCUT2D eigenvalue weighted by Gasteiger charge is -2.49. The van der Waals surface area contributed by atoms with Crippen molar-refractivity contribution in [2.75, 3.05) is 24.7 Å². The number of aromatic hydroxyl groups is 1. The number of rotatable bonds is 8. The molecule has 0 unspecified atom stereocenters. The van der Waals surface area contributed by atoms with E-state index in [0.717, 1.165) is 10.5 Å². The number of ether oxygens (including phenoxy) is 1. The number of nitrogens with zero attached hydrogens (tertiary/aromatic N) is 3. The summed E-state index contributed by atoms with van der Waals surface area (Å²) in [6.45, 7) is 0.868. The van der Waals surface area contributed by atoms with Gasteiger partial charge in [-0.3, -0.25) is 19.3 Å². The molecule has 2 aromatic rings. The number of carboxylic acid groups (broad SMARTS) is 2. The number of hydrogen-bond acceptors (Lipinski definition) is 10. The molecular weight excluding hydrogens is 651 g/mol. The van der Waals surface area contributed by atoms with Gasteiger partial charge in [0, 0.05) is 48.3 Å². The van der Waals surface area contributed by atoms with Gasteiger partial charge in [0.2, 0.25) is 18.4 Å². The van der Waals surface area contributed by atoms with Gasteiger partial charge in [-0.2, -0.15) is 17.7 Å². The summed E-state index contributed by atoms with van der Waals surface area (Å²) in [6.07, 6.45) is 0.407. The van der Waals surface area contributed by atoms with Crippen molar-refractivity contribution in [2.24, 2.45) is 5.73 Å². The van der Waals surface area contributed by atoms with Gasteiger partial charge in [0.25, 0.3) is 5.91 Å². The second kappa shape index (κ2) is 14.1. The maximum absolute atomic E-state index is 13.1. The van der Waals surface area contributed by atoms with Crippen LogP contribution in [-0.2, 0) is 37.1 Å². The van der Waals surface area contributed by atoms with E-state index in [1.807, 2.05) is 12.1 Å². The van der Waals surface area contributed by atoms with Crippen LogP contribution < -0.4 is 25.5 Å². The third-order valence-corrected chi connectivity index (χ3v) is 8.48. The van der Waals surface area contributed by atoms with Crippen LogP contribution >= 0.6 is 11.8 Å². The molecule has 1 aromatic carbocycles. The van der Waals surface area contributed by atoms with Crippen LogP contribution in [0.25, 0.3) is 0 Å². The zero-order valence-corrected chi connectivity index (χ0v) is 25.3. The number of carbonyl (C=O) groups excluding carboxylic acids is 4. The molecule has 0 aliphatic carbocycles. The molecule has 47 heavy (non-hydrogen) atoms. The van der Waals surface area contributed by atoms with Crippen LogP contribution in [0, 0.1) is 0 Å². The summed E-state index contributed by atoms with van der Waals surface area (Å²) in [6, 6.07) is 7.43. The quantitative estimate of drug-likeness (QED) is 0.125. The standard InChI is InChI=1S/C27H27N5O7S.C2HF3O2/c1-39-20-11-18(2-3-19(20)33)29-21(34)13-30-7-4-15(5-8-30)12-31-9-6-16(24(31)35)10-17-14-40-26-22(28)25(36)32(26)23(17)27(37)38;3-2(4,5)1(6)7/h2-5,7-8,10-11,22,26H,6,9,12-14,28H2,1H3,(H2-,29,33,34,37,38);(H,6,7)/b16-10+;/t22-,26-;/m1./s1. The zero-order chi connectivity index (χ0) is 34.6. The molecule has 5 N–H and O–H groups in total. The second-order valence-corrected chi connectivity index (χ2v) is 11.5. The first kappa shape index (κ1) is 34.8. The van der Waals surface area contributed by atoms with Crippen LogP contribution in [0.3, 0.4) is 0 Å². The second-order valence-electron chi connectivity index (χ2n) is 10.4. The third kappa shape index (κ3) is 8.01. The van der Waals surface area contributed by atoms with E-state index in [9.17, 15) is 42.6 Å². The Labute approximate surface area is 268 Å². The first-order valence-corrected chi connectivity index (χ1v) is 14.7. The summed E-state index contributed by atoms with van der Waals surface area (Å²) in [4.78, 5) is 61.2. The van der Waals surface area contributed by atoms with Crippen LogP contribution in [0.4, 0.5) is 18.9 Å². The van der Waals surface area contributed by atoms with Gasteiger partial charge in [0.1, 0.15) is 11.4 Å². The smallest absolute Gasteiger partial charge is 0.490 e. The van der Waals surface area contributed by atoms with Gasteiger partial charge in [0.05, 0.1) is 18.8 Å². The number of pyridine rings is 1. The fraction of sp³-hybridized carbons (Fsp3) is 0.310. The van der Waals surface area contributed by atoms with Crippen molar-refractivity contribution < 1.29 is 61.8 Å². The monoisotopic (exact) mass is 679 g/mol. The van der Waals surface area contributed by atoms with Crippen molar-refractivity contribution in [1.82, 2.24) is 9.80 Å². The summed E-state index contributed by atoms with van der Waals surface area (Å²) in [5, 5.41) is 31.0. The maximum Gasteiger partial charge on any atom is 0.490 e. The number of alkyl halides is 3. The molecule has 4 heterocycles. The number of aliphatic carboxylic acids is 2. The van der Waals surface area contributed by atoms with E-state index in [1.54, 1.807) is 34.0 Å². The lowest BCUT2D eigenvalue weighted by molar-refractivity contribution is -0.684. The van der Waals surface area contributed by atoms with Crippen molar-refractivity contribution in [1.29, 1.82) is 0 Å². The fourth-order valence-corrected chi connectivity index (χ4v) is 6.10. The molecule has 2 saturated heterocycles. The van der Waals surface area contributed by atoms with Gasteiger partial charge in [-0.1, -0.05) is 0 Å². The number of anilines is 1. The average molecular weight is 680 g/mol. The van der Waals surface area contributed by atoms with Crippen LogP contribution in [-0.4, -0.2) is 86.7 Å². The number of hydrogen-bond donors (Lipinski definition) is 4. The van der Waals surface area contributed by atoms with Gasteiger partial charge in [0.15, 0.2) is 23.9 Å². The number of thioether (sulfide) groups is 1. The molecule has 3 amide bonds. The van der Waals surface area contributed by atoms with Gasteiger partial charge >= 0.3 is 12.1 Å². The van der Waals surface area contributed by atoms with E-state index in [-0.39, 0.29) is 35.6 Å². The van der Waals surface area contributed by atoms with E-state index in [1.165, 1.54) is 31.0 Å². The highest BCUT2D eigenvalue weighted by molar-refractivity contribution is 8.00. The average Bonchev–Trinajstić information content (AvgIpc) is 3.35. The van der Waals surface area contributed by atoms with Gasteiger partial charge in [-0.25, -0.2) is 4.79 Å². The Morgan fingerprint density at radius 2 is 1.87 bits per heavy atom. The number of allylic oxidation sites excluding steroid dienone is 1. The Morgan fingerprint density at radius 3 is 2.47 bits per heavy atom. The number of carboxylic acids is 2. The largest absolute Gasteiger partial charge is 0.543 e. The van der Waals surface area contributed by atoms with E-state index in [2.05, 4.69) is 5.32 Å². The number of β-lactam (4-membered cyclic amide) rings is 1. The Balaban J connectivity index is 0.000000644. The number of phenols is 1. The van der Waals surface area contributed by atoms with E-state index in [4.69, 9.17) is 20.4 Å². The number of carbonyl (C=O) groups is 5. The van der Waals surface area contributed by atoms with Crippen molar-refractivity contribution >= 4 is 47.1 Å².